The Balaban J connectivity index is 1.75. The molecule has 0 bridgehead atoms. The second kappa shape index (κ2) is 6.64. The highest BCUT2D eigenvalue weighted by atomic mass is 79.9. The summed E-state index contributed by atoms with van der Waals surface area (Å²) in [6.07, 6.45) is 1.42. The van der Waals surface area contributed by atoms with Gasteiger partial charge < -0.3 is 4.42 Å². The Bertz CT molecular complexity index is 904. The number of carbonyl (C=O) groups is 1. The number of furan rings is 1. The molecule has 1 aromatic heterocycles. The van der Waals surface area contributed by atoms with Crippen LogP contribution in [0.25, 0.3) is 11.0 Å². The molecule has 1 N–H and O–H groups in total. The quantitative estimate of drug-likeness (QED) is 0.468. The highest BCUT2D eigenvalue weighted by Crippen LogP contribution is 2.30. The number of nitrogens with zero attached hydrogens (tertiary/aromatic N) is 1. The first-order valence-electron chi connectivity index (χ1n) is 6.50. The van der Waals surface area contributed by atoms with E-state index in [4.69, 9.17) is 4.42 Å². The van der Waals surface area contributed by atoms with Crippen LogP contribution in [0.3, 0.4) is 0 Å². The molecule has 0 fully saturated rings. The van der Waals surface area contributed by atoms with E-state index in [0.717, 1.165) is 14.3 Å². The number of benzene rings is 2. The van der Waals surface area contributed by atoms with Gasteiger partial charge >= 0.3 is 5.91 Å². The van der Waals surface area contributed by atoms with E-state index in [1.54, 1.807) is 18.2 Å². The Labute approximate surface area is 147 Å². The SMILES string of the molecule is O=C(N/N=C\c1ccc(F)cc1)c1cc2cc(Br)cc(Br)c2o1. The first kappa shape index (κ1) is 15.9. The fraction of sp³-hybridized carbons (Fsp3) is 0. The molecule has 116 valence electrons. The zero-order valence-electron chi connectivity index (χ0n) is 11.5. The Kier molecular flexibility index (Phi) is 4.58. The number of amides is 1. The molecule has 0 spiro atoms. The minimum absolute atomic E-state index is 0.148. The molecule has 0 aliphatic rings. The predicted molar refractivity (Wildman–Crippen MR) is 93.1 cm³/mol. The van der Waals surface area contributed by atoms with Crippen molar-refractivity contribution in [2.24, 2.45) is 5.10 Å². The molecule has 7 heteroatoms. The molecular formula is C16H9Br2FN2O2. The van der Waals surface area contributed by atoms with Crippen LogP contribution in [-0.4, -0.2) is 12.1 Å². The van der Waals surface area contributed by atoms with E-state index in [-0.39, 0.29) is 11.6 Å². The number of hydrogen-bond acceptors (Lipinski definition) is 3. The fourth-order valence-corrected chi connectivity index (χ4v) is 3.30. The highest BCUT2D eigenvalue weighted by Gasteiger charge is 2.14. The summed E-state index contributed by atoms with van der Waals surface area (Å²) in [5.74, 6) is -0.650. The molecule has 0 saturated carbocycles. The molecule has 0 unspecified atom stereocenters. The van der Waals surface area contributed by atoms with Crippen molar-refractivity contribution in [3.63, 3.8) is 0 Å². The van der Waals surface area contributed by atoms with E-state index >= 15 is 0 Å². The molecule has 0 saturated heterocycles. The van der Waals surface area contributed by atoms with Gasteiger partial charge in [0, 0.05) is 9.86 Å². The van der Waals surface area contributed by atoms with Crippen LogP contribution in [-0.2, 0) is 0 Å². The zero-order valence-corrected chi connectivity index (χ0v) is 14.7. The lowest BCUT2D eigenvalue weighted by molar-refractivity contribution is 0.0929. The summed E-state index contributed by atoms with van der Waals surface area (Å²) in [5.41, 5.74) is 3.63. The third-order valence-corrected chi connectivity index (χ3v) is 4.06. The maximum atomic E-state index is 12.8. The van der Waals surface area contributed by atoms with Crippen LogP contribution in [0.15, 0.2) is 60.9 Å². The summed E-state index contributed by atoms with van der Waals surface area (Å²) in [4.78, 5) is 12.0. The number of fused-ring (bicyclic) bond motifs is 1. The number of hydrazone groups is 1. The van der Waals surface area contributed by atoms with Crippen molar-refractivity contribution in [1.29, 1.82) is 0 Å². The molecule has 1 amide bonds. The molecular weight excluding hydrogens is 431 g/mol. The third-order valence-electron chi connectivity index (χ3n) is 3.01. The average Bonchev–Trinajstić information content (AvgIpc) is 2.93. The van der Waals surface area contributed by atoms with Crippen LogP contribution < -0.4 is 5.43 Å². The molecule has 2 aromatic carbocycles. The van der Waals surface area contributed by atoms with Gasteiger partial charge in [-0.2, -0.15) is 5.10 Å². The standard InChI is InChI=1S/C16H9Br2FN2O2/c17-11-5-10-6-14(23-15(10)13(18)7-11)16(22)21-20-8-9-1-3-12(19)4-2-9/h1-8H,(H,21,22)/b20-8-. The van der Waals surface area contributed by atoms with Crippen molar-refractivity contribution in [3.8, 4) is 0 Å². The van der Waals surface area contributed by atoms with Crippen molar-refractivity contribution in [1.82, 2.24) is 5.43 Å². The topological polar surface area (TPSA) is 54.6 Å². The summed E-state index contributed by atoms with van der Waals surface area (Å²) in [6, 6.07) is 11.1. The molecule has 3 aromatic rings. The van der Waals surface area contributed by atoms with Gasteiger partial charge in [0.2, 0.25) is 0 Å². The Hall–Kier alpha value is -1.99. The smallest absolute Gasteiger partial charge is 0.307 e. The van der Waals surface area contributed by atoms with Gasteiger partial charge in [-0.15, -0.1) is 0 Å². The van der Waals surface area contributed by atoms with E-state index < -0.39 is 5.91 Å². The summed E-state index contributed by atoms with van der Waals surface area (Å²) in [6.45, 7) is 0. The van der Waals surface area contributed by atoms with E-state index in [1.807, 2.05) is 12.1 Å². The van der Waals surface area contributed by atoms with Crippen LogP contribution in [0.4, 0.5) is 4.39 Å². The van der Waals surface area contributed by atoms with Crippen molar-refractivity contribution in [2.75, 3.05) is 0 Å². The lowest BCUT2D eigenvalue weighted by atomic mass is 10.2. The second-order valence-electron chi connectivity index (χ2n) is 4.67. The molecule has 0 aliphatic heterocycles. The molecule has 0 atom stereocenters. The number of halogens is 3. The Morgan fingerprint density at radius 2 is 1.91 bits per heavy atom. The first-order chi connectivity index (χ1) is 11.0. The van der Waals surface area contributed by atoms with Crippen LogP contribution in [0.1, 0.15) is 16.1 Å². The molecule has 0 aliphatic carbocycles. The largest absolute Gasteiger partial charge is 0.450 e. The van der Waals surface area contributed by atoms with Gasteiger partial charge in [-0.3, -0.25) is 4.79 Å². The van der Waals surface area contributed by atoms with Gasteiger partial charge in [-0.1, -0.05) is 28.1 Å². The summed E-state index contributed by atoms with van der Waals surface area (Å²) < 4.78 is 19.9. The van der Waals surface area contributed by atoms with E-state index in [9.17, 15) is 9.18 Å². The summed E-state index contributed by atoms with van der Waals surface area (Å²) in [7, 11) is 0. The van der Waals surface area contributed by atoms with Gasteiger partial charge in [0.05, 0.1) is 10.7 Å². The van der Waals surface area contributed by atoms with Crippen molar-refractivity contribution >= 4 is 55.0 Å². The second-order valence-corrected chi connectivity index (χ2v) is 6.44. The van der Waals surface area contributed by atoms with Crippen molar-refractivity contribution < 1.29 is 13.6 Å². The third kappa shape index (κ3) is 3.68. The van der Waals surface area contributed by atoms with Crippen LogP contribution in [0.2, 0.25) is 0 Å². The average molecular weight is 440 g/mol. The number of hydrogen-bond donors (Lipinski definition) is 1. The molecule has 3 rings (SSSR count). The Morgan fingerprint density at radius 1 is 1.17 bits per heavy atom. The summed E-state index contributed by atoms with van der Waals surface area (Å²) >= 11 is 6.76. The molecule has 1 heterocycles. The number of rotatable bonds is 3. The van der Waals surface area contributed by atoms with Crippen LogP contribution >= 0.6 is 31.9 Å². The molecule has 23 heavy (non-hydrogen) atoms. The maximum Gasteiger partial charge on any atom is 0.307 e. The van der Waals surface area contributed by atoms with Gasteiger partial charge in [0.25, 0.3) is 0 Å². The number of carbonyl (C=O) groups excluding carboxylic acids is 1. The predicted octanol–water partition coefficient (Wildman–Crippen LogP) is 4.86. The minimum atomic E-state index is -0.470. The van der Waals surface area contributed by atoms with Gasteiger partial charge in [0.1, 0.15) is 11.4 Å². The maximum absolute atomic E-state index is 12.8. The Morgan fingerprint density at radius 3 is 2.65 bits per heavy atom. The number of nitrogens with one attached hydrogen (secondary N) is 1. The minimum Gasteiger partial charge on any atom is -0.450 e. The summed E-state index contributed by atoms with van der Waals surface area (Å²) in [5, 5.41) is 4.62. The first-order valence-corrected chi connectivity index (χ1v) is 8.09. The van der Waals surface area contributed by atoms with Gasteiger partial charge in [-0.05, 0) is 51.8 Å². The van der Waals surface area contributed by atoms with E-state index in [0.29, 0.717) is 11.1 Å². The van der Waals surface area contributed by atoms with E-state index in [2.05, 4.69) is 42.4 Å². The monoisotopic (exact) mass is 438 g/mol. The lowest BCUT2D eigenvalue weighted by Gasteiger charge is -1.96. The lowest BCUT2D eigenvalue weighted by Crippen LogP contribution is -2.16. The zero-order chi connectivity index (χ0) is 16.4. The van der Waals surface area contributed by atoms with Gasteiger partial charge in [0.15, 0.2) is 5.76 Å². The molecule has 0 radical (unpaired) electrons. The normalized spacial score (nSPS) is 11.3. The van der Waals surface area contributed by atoms with Crippen LogP contribution in [0.5, 0.6) is 0 Å². The van der Waals surface area contributed by atoms with Crippen molar-refractivity contribution in [3.05, 3.63) is 68.6 Å². The highest BCUT2D eigenvalue weighted by molar-refractivity contribution is 9.11. The molecule has 4 nitrogen and oxygen atoms in total. The van der Waals surface area contributed by atoms with E-state index in [1.165, 1.54) is 18.3 Å². The van der Waals surface area contributed by atoms with Gasteiger partial charge in [-0.25, -0.2) is 9.82 Å². The fourth-order valence-electron chi connectivity index (χ4n) is 1.96. The van der Waals surface area contributed by atoms with Crippen molar-refractivity contribution in [2.45, 2.75) is 0 Å². The van der Waals surface area contributed by atoms with Crippen LogP contribution in [0, 0.1) is 5.82 Å².